The molecular formula is C15H16F4N2O3. The Balaban J connectivity index is 2.26. The Morgan fingerprint density at radius 1 is 1.33 bits per heavy atom. The smallest absolute Gasteiger partial charge is 0.465 e. The van der Waals surface area contributed by atoms with Gasteiger partial charge in [-0.1, -0.05) is 12.1 Å². The Labute approximate surface area is 135 Å². The van der Waals surface area contributed by atoms with Crippen LogP contribution in [0.15, 0.2) is 24.3 Å². The van der Waals surface area contributed by atoms with Gasteiger partial charge in [-0.05, 0) is 30.5 Å². The van der Waals surface area contributed by atoms with E-state index in [1.807, 2.05) is 0 Å². The van der Waals surface area contributed by atoms with Crippen molar-refractivity contribution in [2.45, 2.75) is 31.1 Å². The zero-order valence-corrected chi connectivity index (χ0v) is 12.8. The number of likely N-dealkylation sites (tertiary alicyclic amines) is 1. The van der Waals surface area contributed by atoms with Crippen molar-refractivity contribution in [2.75, 3.05) is 13.6 Å². The number of carbonyl (C=O) groups is 2. The van der Waals surface area contributed by atoms with E-state index >= 15 is 0 Å². The normalized spacial score (nSPS) is 21.5. The van der Waals surface area contributed by atoms with Crippen molar-refractivity contribution >= 4 is 12.0 Å². The molecule has 1 aliphatic heterocycles. The van der Waals surface area contributed by atoms with Gasteiger partial charge in [0.15, 0.2) is 0 Å². The van der Waals surface area contributed by atoms with Crippen molar-refractivity contribution in [1.82, 2.24) is 9.80 Å². The maximum atomic E-state index is 13.4. The second-order valence-electron chi connectivity index (χ2n) is 5.64. The van der Waals surface area contributed by atoms with Crippen molar-refractivity contribution in [3.63, 3.8) is 0 Å². The first-order valence-corrected chi connectivity index (χ1v) is 7.20. The lowest BCUT2D eigenvalue weighted by Gasteiger charge is -2.41. The Morgan fingerprint density at radius 2 is 2.00 bits per heavy atom. The van der Waals surface area contributed by atoms with Crippen molar-refractivity contribution in [2.24, 2.45) is 0 Å². The molecule has 2 atom stereocenters. The van der Waals surface area contributed by atoms with Crippen LogP contribution in [0.2, 0.25) is 0 Å². The molecule has 9 heteroatoms. The highest BCUT2D eigenvalue weighted by molar-refractivity contribution is 5.82. The number of alkyl halides is 3. The summed E-state index contributed by atoms with van der Waals surface area (Å²) in [6.45, 7) is -0.0450. The van der Waals surface area contributed by atoms with Crippen LogP contribution < -0.4 is 0 Å². The number of carboxylic acid groups (broad SMARTS) is 1. The second kappa shape index (κ2) is 6.66. The van der Waals surface area contributed by atoms with Crippen LogP contribution in [0.3, 0.4) is 0 Å². The van der Waals surface area contributed by atoms with E-state index in [1.54, 1.807) is 0 Å². The molecule has 1 aromatic rings. The fourth-order valence-electron chi connectivity index (χ4n) is 2.92. The maximum absolute atomic E-state index is 13.4. The van der Waals surface area contributed by atoms with Gasteiger partial charge in [-0.2, -0.15) is 13.2 Å². The molecule has 132 valence electrons. The number of piperidine rings is 1. The molecule has 5 nitrogen and oxygen atoms in total. The van der Waals surface area contributed by atoms with Crippen LogP contribution in [0.5, 0.6) is 0 Å². The van der Waals surface area contributed by atoms with Crippen LogP contribution in [0.25, 0.3) is 0 Å². The van der Waals surface area contributed by atoms with Gasteiger partial charge < -0.3 is 14.9 Å². The summed E-state index contributed by atoms with van der Waals surface area (Å²) in [4.78, 5) is 24.4. The first-order chi connectivity index (χ1) is 11.1. The summed E-state index contributed by atoms with van der Waals surface area (Å²) in [6, 6.07) is 3.64. The lowest BCUT2D eigenvalue weighted by atomic mass is 9.91. The Hall–Kier alpha value is -2.32. The average Bonchev–Trinajstić information content (AvgIpc) is 2.51. The van der Waals surface area contributed by atoms with E-state index < -0.39 is 36.1 Å². The van der Waals surface area contributed by atoms with Crippen LogP contribution in [-0.4, -0.2) is 52.7 Å². The maximum Gasteiger partial charge on any atom is 0.471 e. The van der Waals surface area contributed by atoms with E-state index in [2.05, 4.69) is 0 Å². The van der Waals surface area contributed by atoms with E-state index in [4.69, 9.17) is 0 Å². The van der Waals surface area contributed by atoms with Crippen molar-refractivity contribution in [3.05, 3.63) is 35.6 Å². The van der Waals surface area contributed by atoms with Crippen LogP contribution in [-0.2, 0) is 4.79 Å². The third-order valence-corrected chi connectivity index (χ3v) is 4.16. The largest absolute Gasteiger partial charge is 0.471 e. The lowest BCUT2D eigenvalue weighted by molar-refractivity contribution is -0.187. The molecule has 1 fully saturated rings. The zero-order valence-electron chi connectivity index (χ0n) is 12.8. The van der Waals surface area contributed by atoms with Gasteiger partial charge in [0, 0.05) is 19.6 Å². The molecule has 24 heavy (non-hydrogen) atoms. The number of benzene rings is 1. The number of amides is 2. The van der Waals surface area contributed by atoms with E-state index in [0.29, 0.717) is 10.5 Å². The van der Waals surface area contributed by atoms with E-state index in [0.717, 1.165) is 18.0 Å². The van der Waals surface area contributed by atoms with Gasteiger partial charge >= 0.3 is 18.2 Å². The van der Waals surface area contributed by atoms with Crippen LogP contribution >= 0.6 is 0 Å². The summed E-state index contributed by atoms with van der Waals surface area (Å²) in [5, 5.41) is 9.27. The molecule has 0 unspecified atom stereocenters. The molecular weight excluding hydrogens is 332 g/mol. The lowest BCUT2D eigenvalue weighted by Crippen LogP contribution is -2.51. The fraction of sp³-hybridized carbons (Fsp3) is 0.467. The summed E-state index contributed by atoms with van der Waals surface area (Å²) >= 11 is 0. The second-order valence-corrected chi connectivity index (χ2v) is 5.64. The summed E-state index contributed by atoms with van der Waals surface area (Å²) in [5.41, 5.74) is 0.343. The highest BCUT2D eigenvalue weighted by atomic mass is 19.4. The molecule has 1 N–H and O–H groups in total. The highest BCUT2D eigenvalue weighted by Gasteiger charge is 2.45. The van der Waals surface area contributed by atoms with Gasteiger partial charge in [-0.15, -0.1) is 0 Å². The number of halogens is 4. The van der Waals surface area contributed by atoms with Gasteiger partial charge in [-0.3, -0.25) is 4.79 Å². The molecule has 0 saturated carbocycles. The Morgan fingerprint density at radius 3 is 2.54 bits per heavy atom. The molecule has 1 saturated heterocycles. The average molecular weight is 348 g/mol. The van der Waals surface area contributed by atoms with Gasteiger partial charge in [-0.25, -0.2) is 9.18 Å². The number of hydrogen-bond donors (Lipinski definition) is 1. The van der Waals surface area contributed by atoms with Crippen molar-refractivity contribution in [3.8, 4) is 0 Å². The number of hydrogen-bond acceptors (Lipinski definition) is 2. The summed E-state index contributed by atoms with van der Waals surface area (Å²) in [7, 11) is 1.04. The molecule has 1 aliphatic rings. The molecule has 0 aromatic heterocycles. The van der Waals surface area contributed by atoms with Crippen LogP contribution in [0.1, 0.15) is 24.4 Å². The molecule has 1 heterocycles. The first kappa shape index (κ1) is 18.0. The number of carbonyl (C=O) groups excluding carboxylic acids is 1. The van der Waals surface area contributed by atoms with Gasteiger partial charge in [0.2, 0.25) is 0 Å². The van der Waals surface area contributed by atoms with Crippen molar-refractivity contribution < 1.29 is 32.3 Å². The third-order valence-electron chi connectivity index (χ3n) is 4.16. The minimum atomic E-state index is -4.99. The molecule has 0 spiro atoms. The fourth-order valence-corrected chi connectivity index (χ4v) is 2.92. The first-order valence-electron chi connectivity index (χ1n) is 7.20. The Bertz CT molecular complexity index is 635. The standard InChI is InChI=1S/C15H16F4N2O3/c1-20(13(22)15(17,18)19)11-5-6-21(14(23)24)12(8-11)9-3-2-4-10(16)7-9/h2-4,7,11-12H,5-6,8H2,1H3,(H,23,24)/t11-,12+/m1/s1. The molecule has 0 aliphatic carbocycles. The Kier molecular flexibility index (Phi) is 5.00. The topological polar surface area (TPSA) is 60.9 Å². The molecule has 0 radical (unpaired) electrons. The summed E-state index contributed by atoms with van der Waals surface area (Å²) in [5.74, 6) is -2.55. The van der Waals surface area contributed by atoms with E-state index in [1.165, 1.54) is 18.2 Å². The predicted octanol–water partition coefficient (Wildman–Crippen LogP) is 3.03. The van der Waals surface area contributed by atoms with Gasteiger partial charge in [0.25, 0.3) is 0 Å². The quantitative estimate of drug-likeness (QED) is 0.836. The minimum absolute atomic E-state index is 0.0337. The van der Waals surface area contributed by atoms with Gasteiger partial charge in [0.05, 0.1) is 6.04 Å². The number of rotatable bonds is 2. The predicted molar refractivity (Wildman–Crippen MR) is 75.7 cm³/mol. The van der Waals surface area contributed by atoms with Gasteiger partial charge in [0.1, 0.15) is 5.82 Å². The van der Waals surface area contributed by atoms with E-state index in [9.17, 15) is 32.3 Å². The van der Waals surface area contributed by atoms with Crippen molar-refractivity contribution in [1.29, 1.82) is 0 Å². The van der Waals surface area contributed by atoms with Crippen LogP contribution in [0.4, 0.5) is 22.4 Å². The minimum Gasteiger partial charge on any atom is -0.465 e. The van der Waals surface area contributed by atoms with E-state index in [-0.39, 0.29) is 19.4 Å². The van der Waals surface area contributed by atoms with Crippen LogP contribution in [0, 0.1) is 5.82 Å². The monoisotopic (exact) mass is 348 g/mol. The molecule has 2 amide bonds. The molecule has 2 rings (SSSR count). The summed E-state index contributed by atoms with van der Waals surface area (Å²) < 4.78 is 51.2. The summed E-state index contributed by atoms with van der Waals surface area (Å²) in [6.07, 6.45) is -6.19. The SMILES string of the molecule is CN(C(=O)C(F)(F)F)[C@@H]1CCN(C(=O)O)[C@H](c2cccc(F)c2)C1. The highest BCUT2D eigenvalue weighted by Crippen LogP contribution is 2.34. The molecule has 1 aromatic carbocycles. The zero-order chi connectivity index (χ0) is 18.1. The number of nitrogens with zero attached hydrogens (tertiary/aromatic N) is 2. The molecule has 0 bridgehead atoms. The third kappa shape index (κ3) is 3.77.